The first-order valence-corrected chi connectivity index (χ1v) is 5.71. The Labute approximate surface area is 100 Å². The Balaban J connectivity index is 2.20. The standard InChI is InChI=1S/C13H15NO3/c1-2-10-4-3-9-17-13(10)11-5-7-12(8-6-11)14(15)16/h2,5-8,10,13H,1,3-4,9H2/t10-,13-/m0/s1. The van der Waals surface area contributed by atoms with E-state index < -0.39 is 4.92 Å². The number of hydrogen-bond acceptors (Lipinski definition) is 3. The van der Waals surface area contributed by atoms with Crippen molar-refractivity contribution in [1.29, 1.82) is 0 Å². The molecule has 0 aliphatic carbocycles. The van der Waals surface area contributed by atoms with Gasteiger partial charge in [-0.15, -0.1) is 6.58 Å². The van der Waals surface area contributed by atoms with Crippen molar-refractivity contribution in [2.45, 2.75) is 18.9 Å². The van der Waals surface area contributed by atoms with Crippen LogP contribution in [0.15, 0.2) is 36.9 Å². The molecule has 1 aromatic carbocycles. The summed E-state index contributed by atoms with van der Waals surface area (Å²) in [5, 5.41) is 10.6. The smallest absolute Gasteiger partial charge is 0.269 e. The van der Waals surface area contributed by atoms with Crippen LogP contribution in [0.3, 0.4) is 0 Å². The first-order valence-electron chi connectivity index (χ1n) is 5.71. The second kappa shape index (κ2) is 5.10. The molecule has 1 saturated heterocycles. The zero-order valence-electron chi connectivity index (χ0n) is 9.54. The van der Waals surface area contributed by atoms with Crippen LogP contribution in [0.2, 0.25) is 0 Å². The van der Waals surface area contributed by atoms with Gasteiger partial charge in [0.25, 0.3) is 5.69 Å². The van der Waals surface area contributed by atoms with E-state index in [4.69, 9.17) is 4.74 Å². The summed E-state index contributed by atoms with van der Waals surface area (Å²) in [5.41, 5.74) is 1.10. The van der Waals surface area contributed by atoms with Crippen molar-refractivity contribution in [2.24, 2.45) is 5.92 Å². The molecule has 1 aromatic rings. The molecule has 4 nitrogen and oxygen atoms in total. The zero-order valence-corrected chi connectivity index (χ0v) is 9.54. The summed E-state index contributed by atoms with van der Waals surface area (Å²) >= 11 is 0. The van der Waals surface area contributed by atoms with Gasteiger partial charge in [-0.3, -0.25) is 10.1 Å². The molecule has 0 unspecified atom stereocenters. The molecule has 1 fully saturated rings. The van der Waals surface area contributed by atoms with Gasteiger partial charge in [-0.1, -0.05) is 6.08 Å². The van der Waals surface area contributed by atoms with Crippen molar-refractivity contribution in [1.82, 2.24) is 0 Å². The lowest BCUT2D eigenvalue weighted by Gasteiger charge is -2.29. The van der Waals surface area contributed by atoms with Crippen LogP contribution in [0.25, 0.3) is 0 Å². The van der Waals surface area contributed by atoms with Crippen LogP contribution in [0, 0.1) is 16.0 Å². The summed E-state index contributed by atoms with van der Waals surface area (Å²) in [4.78, 5) is 10.2. The van der Waals surface area contributed by atoms with Gasteiger partial charge in [0, 0.05) is 24.7 Å². The molecule has 90 valence electrons. The molecule has 1 aliphatic heterocycles. The first-order chi connectivity index (χ1) is 8.22. The molecule has 0 N–H and O–H groups in total. The Morgan fingerprint density at radius 2 is 2.12 bits per heavy atom. The number of nitro benzene ring substituents is 1. The van der Waals surface area contributed by atoms with E-state index in [0.717, 1.165) is 25.0 Å². The fourth-order valence-electron chi connectivity index (χ4n) is 2.17. The molecule has 2 atom stereocenters. The van der Waals surface area contributed by atoms with Crippen molar-refractivity contribution < 1.29 is 9.66 Å². The van der Waals surface area contributed by atoms with E-state index in [9.17, 15) is 10.1 Å². The molecule has 2 rings (SSSR count). The number of nitro groups is 1. The van der Waals surface area contributed by atoms with Crippen molar-refractivity contribution in [3.8, 4) is 0 Å². The molecule has 0 saturated carbocycles. The highest BCUT2D eigenvalue weighted by Gasteiger charge is 2.25. The number of rotatable bonds is 3. The second-order valence-corrected chi connectivity index (χ2v) is 4.18. The molecular formula is C13H15NO3. The fourth-order valence-corrected chi connectivity index (χ4v) is 2.17. The van der Waals surface area contributed by atoms with Gasteiger partial charge in [0.2, 0.25) is 0 Å². The number of benzene rings is 1. The van der Waals surface area contributed by atoms with Gasteiger partial charge in [-0.2, -0.15) is 0 Å². The third-order valence-electron chi connectivity index (χ3n) is 3.10. The quantitative estimate of drug-likeness (QED) is 0.457. The van der Waals surface area contributed by atoms with Gasteiger partial charge in [0.15, 0.2) is 0 Å². The zero-order chi connectivity index (χ0) is 12.3. The van der Waals surface area contributed by atoms with E-state index in [1.165, 1.54) is 12.1 Å². The summed E-state index contributed by atoms with van der Waals surface area (Å²) in [6, 6.07) is 6.58. The largest absolute Gasteiger partial charge is 0.373 e. The molecule has 0 aromatic heterocycles. The molecule has 1 aliphatic rings. The third kappa shape index (κ3) is 2.53. The maximum absolute atomic E-state index is 10.6. The lowest BCUT2D eigenvalue weighted by Crippen LogP contribution is -2.20. The minimum Gasteiger partial charge on any atom is -0.373 e. The number of nitrogens with zero attached hydrogens (tertiary/aromatic N) is 1. The van der Waals surface area contributed by atoms with Crippen LogP contribution in [-0.4, -0.2) is 11.5 Å². The summed E-state index contributed by atoms with van der Waals surface area (Å²) in [5.74, 6) is 0.296. The molecule has 17 heavy (non-hydrogen) atoms. The maximum atomic E-state index is 10.6. The molecule has 0 spiro atoms. The van der Waals surface area contributed by atoms with E-state index in [1.807, 2.05) is 6.08 Å². The lowest BCUT2D eigenvalue weighted by atomic mass is 9.89. The van der Waals surface area contributed by atoms with Gasteiger partial charge in [-0.05, 0) is 30.5 Å². The van der Waals surface area contributed by atoms with E-state index in [1.54, 1.807) is 12.1 Å². The van der Waals surface area contributed by atoms with Gasteiger partial charge in [-0.25, -0.2) is 0 Å². The normalized spacial score (nSPS) is 24.2. The SMILES string of the molecule is C=C[C@H]1CCCO[C@@H]1c1ccc([N+](=O)[O-])cc1. The van der Waals surface area contributed by atoms with Crippen LogP contribution in [0.5, 0.6) is 0 Å². The minimum absolute atomic E-state index is 0.0120. The Morgan fingerprint density at radius 3 is 2.71 bits per heavy atom. The van der Waals surface area contributed by atoms with Crippen molar-refractivity contribution >= 4 is 5.69 Å². The molecule has 0 bridgehead atoms. The number of non-ortho nitro benzene ring substituents is 1. The number of ether oxygens (including phenoxy) is 1. The van der Waals surface area contributed by atoms with Crippen LogP contribution < -0.4 is 0 Å². The summed E-state index contributed by atoms with van der Waals surface area (Å²) in [6.45, 7) is 4.56. The Morgan fingerprint density at radius 1 is 1.41 bits per heavy atom. The predicted octanol–water partition coefficient (Wildman–Crippen LogP) is 3.25. The molecule has 0 radical (unpaired) electrons. The molecule has 0 amide bonds. The molecular weight excluding hydrogens is 218 g/mol. The molecule has 1 heterocycles. The number of hydrogen-bond donors (Lipinski definition) is 0. The summed E-state index contributed by atoms with van der Waals surface area (Å²) in [7, 11) is 0. The second-order valence-electron chi connectivity index (χ2n) is 4.18. The van der Waals surface area contributed by atoms with Gasteiger partial charge in [0.05, 0.1) is 11.0 Å². The molecule has 4 heteroatoms. The van der Waals surface area contributed by atoms with Crippen molar-refractivity contribution in [3.05, 3.63) is 52.6 Å². The van der Waals surface area contributed by atoms with E-state index in [0.29, 0.717) is 5.92 Å². The summed E-state index contributed by atoms with van der Waals surface area (Å²) < 4.78 is 5.73. The van der Waals surface area contributed by atoms with Gasteiger partial charge in [0.1, 0.15) is 0 Å². The Hall–Kier alpha value is -1.68. The van der Waals surface area contributed by atoms with Crippen LogP contribution in [0.1, 0.15) is 24.5 Å². The average molecular weight is 233 g/mol. The monoisotopic (exact) mass is 233 g/mol. The van der Waals surface area contributed by atoms with E-state index >= 15 is 0 Å². The highest BCUT2D eigenvalue weighted by Crippen LogP contribution is 2.34. The van der Waals surface area contributed by atoms with E-state index in [2.05, 4.69) is 6.58 Å². The topological polar surface area (TPSA) is 52.4 Å². The first kappa shape index (κ1) is 11.8. The summed E-state index contributed by atoms with van der Waals surface area (Å²) in [6.07, 6.45) is 4.00. The predicted molar refractivity (Wildman–Crippen MR) is 64.7 cm³/mol. The maximum Gasteiger partial charge on any atom is 0.269 e. The van der Waals surface area contributed by atoms with Crippen molar-refractivity contribution in [3.63, 3.8) is 0 Å². The third-order valence-corrected chi connectivity index (χ3v) is 3.10. The van der Waals surface area contributed by atoms with Crippen LogP contribution >= 0.6 is 0 Å². The Kier molecular flexibility index (Phi) is 3.54. The highest BCUT2D eigenvalue weighted by molar-refractivity contribution is 5.34. The van der Waals surface area contributed by atoms with Gasteiger partial charge >= 0.3 is 0 Å². The fraction of sp³-hybridized carbons (Fsp3) is 0.385. The lowest BCUT2D eigenvalue weighted by molar-refractivity contribution is -0.384. The average Bonchev–Trinajstić information content (AvgIpc) is 2.39. The van der Waals surface area contributed by atoms with Crippen LogP contribution in [-0.2, 0) is 4.74 Å². The van der Waals surface area contributed by atoms with Crippen molar-refractivity contribution in [2.75, 3.05) is 6.61 Å². The minimum atomic E-state index is -0.392. The Bertz CT molecular complexity index is 413. The van der Waals surface area contributed by atoms with Crippen LogP contribution in [0.4, 0.5) is 5.69 Å². The van der Waals surface area contributed by atoms with E-state index in [-0.39, 0.29) is 11.8 Å². The highest BCUT2D eigenvalue weighted by atomic mass is 16.6. The van der Waals surface area contributed by atoms with Gasteiger partial charge < -0.3 is 4.74 Å².